The average Bonchev–Trinajstić information content (AvgIpc) is 2.27. The van der Waals surface area contributed by atoms with E-state index in [2.05, 4.69) is 21.9 Å². The molecule has 0 saturated carbocycles. The molecule has 1 rings (SSSR count). The van der Waals surface area contributed by atoms with Crippen LogP contribution in [0.4, 0.5) is 0 Å². The van der Waals surface area contributed by atoms with Crippen LogP contribution in [0.1, 0.15) is 6.92 Å². The standard InChI is InChI=1S/C10H20N2O3/c1-9(11-7-10(13)14-2)8-12-3-5-15-6-4-12/h9,11H,3-8H2,1-2H3. The summed E-state index contributed by atoms with van der Waals surface area (Å²) in [5, 5.41) is 3.12. The first-order valence-electron chi connectivity index (χ1n) is 5.32. The fourth-order valence-electron chi connectivity index (χ4n) is 1.57. The highest BCUT2D eigenvalue weighted by molar-refractivity contribution is 5.71. The molecule has 0 aromatic carbocycles. The molecule has 1 aliphatic heterocycles. The van der Waals surface area contributed by atoms with Crippen molar-refractivity contribution in [3.05, 3.63) is 0 Å². The van der Waals surface area contributed by atoms with Gasteiger partial charge in [-0.1, -0.05) is 0 Å². The number of hydrogen-bond acceptors (Lipinski definition) is 5. The summed E-state index contributed by atoms with van der Waals surface area (Å²) in [5.41, 5.74) is 0. The Kier molecular flexibility index (Phi) is 5.60. The molecule has 1 saturated heterocycles. The smallest absolute Gasteiger partial charge is 0.319 e. The summed E-state index contributed by atoms with van der Waals surface area (Å²) < 4.78 is 9.82. The molecule has 0 radical (unpaired) electrons. The zero-order chi connectivity index (χ0) is 11.1. The fraction of sp³-hybridized carbons (Fsp3) is 0.900. The maximum Gasteiger partial charge on any atom is 0.319 e. The first-order valence-corrected chi connectivity index (χ1v) is 5.32. The highest BCUT2D eigenvalue weighted by Crippen LogP contribution is 1.98. The minimum Gasteiger partial charge on any atom is -0.468 e. The molecule has 0 amide bonds. The van der Waals surface area contributed by atoms with E-state index in [1.54, 1.807) is 0 Å². The van der Waals surface area contributed by atoms with Crippen molar-refractivity contribution in [1.29, 1.82) is 0 Å². The molecule has 1 aliphatic rings. The normalized spacial score (nSPS) is 19.9. The molecule has 1 N–H and O–H groups in total. The van der Waals surface area contributed by atoms with Gasteiger partial charge in [-0.2, -0.15) is 0 Å². The number of hydrogen-bond donors (Lipinski definition) is 1. The lowest BCUT2D eigenvalue weighted by atomic mass is 10.3. The van der Waals surface area contributed by atoms with Crippen LogP contribution in [-0.2, 0) is 14.3 Å². The number of methoxy groups -OCH3 is 1. The molecule has 0 aliphatic carbocycles. The third-order valence-corrected chi connectivity index (χ3v) is 2.46. The van der Waals surface area contributed by atoms with Crippen LogP contribution in [0.15, 0.2) is 0 Å². The van der Waals surface area contributed by atoms with Crippen molar-refractivity contribution < 1.29 is 14.3 Å². The minimum atomic E-state index is -0.219. The third kappa shape index (κ3) is 5.11. The predicted octanol–water partition coefficient (Wildman–Crippen LogP) is -0.530. The Morgan fingerprint density at radius 2 is 2.20 bits per heavy atom. The average molecular weight is 216 g/mol. The first-order chi connectivity index (χ1) is 7.22. The van der Waals surface area contributed by atoms with Crippen molar-refractivity contribution in [2.24, 2.45) is 0 Å². The topological polar surface area (TPSA) is 50.8 Å². The van der Waals surface area contributed by atoms with Gasteiger partial charge in [-0.15, -0.1) is 0 Å². The summed E-state index contributed by atoms with van der Waals surface area (Å²) in [4.78, 5) is 13.2. The van der Waals surface area contributed by atoms with Gasteiger partial charge in [0.2, 0.25) is 0 Å². The van der Waals surface area contributed by atoms with Gasteiger partial charge < -0.3 is 14.8 Å². The number of ether oxygens (including phenoxy) is 2. The quantitative estimate of drug-likeness (QED) is 0.626. The van der Waals surface area contributed by atoms with Crippen molar-refractivity contribution in [3.63, 3.8) is 0 Å². The van der Waals surface area contributed by atoms with Crippen LogP contribution in [0.3, 0.4) is 0 Å². The molecule has 0 aromatic rings. The molecule has 1 fully saturated rings. The highest BCUT2D eigenvalue weighted by atomic mass is 16.5. The van der Waals surface area contributed by atoms with Crippen molar-refractivity contribution in [2.45, 2.75) is 13.0 Å². The first kappa shape index (κ1) is 12.4. The van der Waals surface area contributed by atoms with Gasteiger partial charge in [-0.3, -0.25) is 9.69 Å². The van der Waals surface area contributed by atoms with Crippen LogP contribution in [0.2, 0.25) is 0 Å². The van der Waals surface area contributed by atoms with E-state index in [1.165, 1.54) is 7.11 Å². The highest BCUT2D eigenvalue weighted by Gasteiger charge is 2.13. The Morgan fingerprint density at radius 3 is 2.80 bits per heavy atom. The molecule has 5 heteroatoms. The summed E-state index contributed by atoms with van der Waals surface area (Å²) in [7, 11) is 1.40. The van der Waals surface area contributed by atoms with Crippen LogP contribution in [0.5, 0.6) is 0 Å². The molecule has 0 bridgehead atoms. The SMILES string of the molecule is COC(=O)CNC(C)CN1CCOCC1. The van der Waals surface area contributed by atoms with Crippen LogP contribution >= 0.6 is 0 Å². The van der Waals surface area contributed by atoms with Crippen molar-refractivity contribution in [2.75, 3.05) is 46.5 Å². The van der Waals surface area contributed by atoms with E-state index in [0.29, 0.717) is 6.04 Å². The molecule has 1 atom stereocenters. The van der Waals surface area contributed by atoms with Gasteiger partial charge in [0.1, 0.15) is 0 Å². The summed E-state index contributed by atoms with van der Waals surface area (Å²) in [6.07, 6.45) is 0. The molecule has 5 nitrogen and oxygen atoms in total. The van der Waals surface area contributed by atoms with Crippen LogP contribution in [-0.4, -0.2) is 63.4 Å². The van der Waals surface area contributed by atoms with Gasteiger partial charge in [0, 0.05) is 25.7 Å². The Bertz CT molecular complexity index is 193. The molecule has 1 heterocycles. The van der Waals surface area contributed by atoms with E-state index >= 15 is 0 Å². The molecular formula is C10H20N2O3. The summed E-state index contributed by atoms with van der Waals surface area (Å²) in [6, 6.07) is 0.294. The van der Waals surface area contributed by atoms with Gasteiger partial charge in [0.05, 0.1) is 26.9 Å². The molecule has 0 aromatic heterocycles. The van der Waals surface area contributed by atoms with Gasteiger partial charge >= 0.3 is 5.97 Å². The largest absolute Gasteiger partial charge is 0.468 e. The van der Waals surface area contributed by atoms with E-state index < -0.39 is 0 Å². The second-order valence-corrected chi connectivity index (χ2v) is 3.77. The minimum absolute atomic E-state index is 0.219. The number of morpholine rings is 1. The second-order valence-electron chi connectivity index (χ2n) is 3.77. The van der Waals surface area contributed by atoms with Gasteiger partial charge in [0.15, 0.2) is 0 Å². The van der Waals surface area contributed by atoms with E-state index in [4.69, 9.17) is 4.74 Å². The number of rotatable bonds is 5. The van der Waals surface area contributed by atoms with Crippen LogP contribution in [0, 0.1) is 0 Å². The van der Waals surface area contributed by atoms with Crippen LogP contribution < -0.4 is 5.32 Å². The van der Waals surface area contributed by atoms with Gasteiger partial charge in [0.25, 0.3) is 0 Å². The summed E-state index contributed by atoms with van der Waals surface area (Å²) in [6.45, 7) is 6.86. The molecule has 15 heavy (non-hydrogen) atoms. The lowest BCUT2D eigenvalue weighted by Crippen LogP contribution is -2.45. The van der Waals surface area contributed by atoms with Crippen molar-refractivity contribution in [3.8, 4) is 0 Å². The van der Waals surface area contributed by atoms with Gasteiger partial charge in [-0.05, 0) is 6.92 Å². The summed E-state index contributed by atoms with van der Waals surface area (Å²) >= 11 is 0. The Labute approximate surface area is 90.7 Å². The Hall–Kier alpha value is -0.650. The fourth-order valence-corrected chi connectivity index (χ4v) is 1.57. The Morgan fingerprint density at radius 1 is 1.53 bits per heavy atom. The van der Waals surface area contributed by atoms with Crippen molar-refractivity contribution >= 4 is 5.97 Å². The molecular weight excluding hydrogens is 196 g/mol. The number of esters is 1. The van der Waals surface area contributed by atoms with E-state index in [9.17, 15) is 4.79 Å². The lowest BCUT2D eigenvalue weighted by molar-refractivity contribution is -0.139. The number of carbonyl (C=O) groups is 1. The summed E-state index contributed by atoms with van der Waals surface area (Å²) in [5.74, 6) is -0.219. The van der Waals surface area contributed by atoms with E-state index in [1.807, 2.05) is 0 Å². The molecule has 88 valence electrons. The van der Waals surface area contributed by atoms with E-state index in [0.717, 1.165) is 32.8 Å². The maximum absolute atomic E-state index is 10.9. The number of carbonyl (C=O) groups excluding carboxylic acids is 1. The monoisotopic (exact) mass is 216 g/mol. The molecule has 0 spiro atoms. The Balaban J connectivity index is 2.11. The third-order valence-electron chi connectivity index (χ3n) is 2.46. The lowest BCUT2D eigenvalue weighted by Gasteiger charge is -2.29. The van der Waals surface area contributed by atoms with E-state index in [-0.39, 0.29) is 12.5 Å². The van der Waals surface area contributed by atoms with Gasteiger partial charge in [-0.25, -0.2) is 0 Å². The van der Waals surface area contributed by atoms with Crippen molar-refractivity contribution in [1.82, 2.24) is 10.2 Å². The zero-order valence-corrected chi connectivity index (χ0v) is 9.49. The zero-order valence-electron chi connectivity index (χ0n) is 9.49. The maximum atomic E-state index is 10.9. The number of nitrogens with one attached hydrogen (secondary N) is 1. The number of nitrogens with zero attached hydrogens (tertiary/aromatic N) is 1. The molecule has 1 unspecified atom stereocenters. The predicted molar refractivity (Wildman–Crippen MR) is 56.7 cm³/mol. The van der Waals surface area contributed by atoms with Crippen LogP contribution in [0.25, 0.3) is 0 Å². The second kappa shape index (κ2) is 6.76.